The normalized spacial score (nSPS) is 26.0. The summed E-state index contributed by atoms with van der Waals surface area (Å²) in [7, 11) is 2.03. The molecular formula is C13H23N3O3. The number of nitrogens with zero attached hydrogens (tertiary/aromatic N) is 2. The second-order valence-electron chi connectivity index (χ2n) is 5.82. The molecule has 19 heavy (non-hydrogen) atoms. The number of carbonyl (C=O) groups excluding carboxylic acids is 1. The number of urea groups is 1. The van der Waals surface area contributed by atoms with Crippen LogP contribution in [0, 0.1) is 5.92 Å². The maximum absolute atomic E-state index is 12.2. The molecule has 2 amide bonds. The molecule has 2 unspecified atom stereocenters. The van der Waals surface area contributed by atoms with Crippen molar-refractivity contribution in [2.75, 3.05) is 26.7 Å². The Kier molecular flexibility index (Phi) is 4.29. The predicted molar refractivity (Wildman–Crippen MR) is 71.0 cm³/mol. The molecule has 0 aromatic carbocycles. The van der Waals surface area contributed by atoms with Gasteiger partial charge in [0, 0.05) is 25.7 Å². The molecular weight excluding hydrogens is 246 g/mol. The van der Waals surface area contributed by atoms with Crippen molar-refractivity contribution in [1.82, 2.24) is 15.1 Å². The molecule has 1 aliphatic carbocycles. The van der Waals surface area contributed by atoms with Gasteiger partial charge in [-0.3, -0.25) is 0 Å². The first-order valence-corrected chi connectivity index (χ1v) is 6.96. The molecule has 0 aromatic heterocycles. The Morgan fingerprint density at radius 2 is 2.05 bits per heavy atom. The average molecular weight is 269 g/mol. The highest BCUT2D eigenvalue weighted by Crippen LogP contribution is 2.33. The second-order valence-corrected chi connectivity index (χ2v) is 5.82. The molecule has 1 heterocycles. The van der Waals surface area contributed by atoms with E-state index in [1.165, 1.54) is 0 Å². The lowest BCUT2D eigenvalue weighted by Gasteiger charge is -2.38. The number of amides is 2. The van der Waals surface area contributed by atoms with Crippen LogP contribution in [0.15, 0.2) is 0 Å². The van der Waals surface area contributed by atoms with Crippen molar-refractivity contribution in [2.45, 2.75) is 38.3 Å². The van der Waals surface area contributed by atoms with Gasteiger partial charge in [0.1, 0.15) is 6.04 Å². The fourth-order valence-corrected chi connectivity index (χ4v) is 2.58. The molecule has 1 saturated carbocycles. The molecule has 0 spiro atoms. The molecule has 2 N–H and O–H groups in total. The summed E-state index contributed by atoms with van der Waals surface area (Å²) in [6.07, 6.45) is 2.73. The van der Waals surface area contributed by atoms with Crippen molar-refractivity contribution in [3.8, 4) is 0 Å². The molecule has 2 fully saturated rings. The van der Waals surface area contributed by atoms with Gasteiger partial charge in [0.15, 0.2) is 0 Å². The fourth-order valence-electron chi connectivity index (χ4n) is 2.58. The Hall–Kier alpha value is -1.30. The zero-order valence-electron chi connectivity index (χ0n) is 11.6. The molecule has 0 aromatic rings. The highest BCUT2D eigenvalue weighted by atomic mass is 16.4. The van der Waals surface area contributed by atoms with E-state index in [2.05, 4.69) is 10.2 Å². The number of nitrogens with one attached hydrogen (secondary N) is 1. The molecule has 1 aliphatic heterocycles. The third-order valence-electron chi connectivity index (χ3n) is 3.95. The topological polar surface area (TPSA) is 72.9 Å². The maximum Gasteiger partial charge on any atom is 0.326 e. The number of likely N-dealkylation sites (N-methyl/N-ethyl adjacent to an activating group) is 1. The molecule has 0 bridgehead atoms. The van der Waals surface area contributed by atoms with E-state index in [-0.39, 0.29) is 12.1 Å². The van der Waals surface area contributed by atoms with Gasteiger partial charge >= 0.3 is 12.0 Å². The van der Waals surface area contributed by atoms with Gasteiger partial charge in [0.05, 0.1) is 0 Å². The lowest BCUT2D eigenvalue weighted by molar-refractivity contribution is -0.139. The summed E-state index contributed by atoms with van der Waals surface area (Å²) in [6, 6.07) is -0.866. The number of aliphatic carboxylic acids is 1. The Morgan fingerprint density at radius 1 is 1.37 bits per heavy atom. The van der Waals surface area contributed by atoms with E-state index in [9.17, 15) is 9.59 Å². The van der Waals surface area contributed by atoms with Crippen LogP contribution >= 0.6 is 0 Å². The molecule has 2 aliphatic rings. The minimum atomic E-state index is -0.929. The summed E-state index contributed by atoms with van der Waals surface area (Å²) in [5, 5.41) is 11.8. The van der Waals surface area contributed by atoms with Crippen LogP contribution in [0.5, 0.6) is 0 Å². The number of carbonyl (C=O) groups is 2. The second kappa shape index (κ2) is 5.77. The lowest BCUT2D eigenvalue weighted by Crippen LogP contribution is -2.57. The Morgan fingerprint density at radius 3 is 2.58 bits per heavy atom. The highest BCUT2D eigenvalue weighted by Gasteiger charge is 2.33. The minimum Gasteiger partial charge on any atom is -0.480 e. The van der Waals surface area contributed by atoms with E-state index in [0.29, 0.717) is 18.9 Å². The van der Waals surface area contributed by atoms with Crippen LogP contribution in [0.25, 0.3) is 0 Å². The molecule has 6 heteroatoms. The number of piperazine rings is 1. The van der Waals surface area contributed by atoms with E-state index in [4.69, 9.17) is 5.11 Å². The van der Waals surface area contributed by atoms with E-state index < -0.39 is 12.0 Å². The van der Waals surface area contributed by atoms with Crippen molar-refractivity contribution in [2.24, 2.45) is 5.92 Å². The molecule has 2 atom stereocenters. The van der Waals surface area contributed by atoms with Crippen LogP contribution in [0.1, 0.15) is 26.2 Å². The Labute approximate surface area is 113 Å². The lowest BCUT2D eigenvalue weighted by atomic mass is 10.1. The van der Waals surface area contributed by atoms with Crippen LogP contribution in [-0.2, 0) is 4.79 Å². The Balaban J connectivity index is 1.88. The quantitative estimate of drug-likeness (QED) is 0.783. The summed E-state index contributed by atoms with van der Waals surface area (Å²) in [5.74, 6) is -0.451. The highest BCUT2D eigenvalue weighted by molar-refractivity contribution is 5.82. The van der Waals surface area contributed by atoms with Gasteiger partial charge in [-0.05, 0) is 26.3 Å². The number of carboxylic acid groups (broad SMARTS) is 1. The van der Waals surface area contributed by atoms with Gasteiger partial charge in [-0.15, -0.1) is 0 Å². The van der Waals surface area contributed by atoms with E-state index in [0.717, 1.165) is 25.9 Å². The number of hydrogen-bond donors (Lipinski definition) is 2. The van der Waals surface area contributed by atoms with Gasteiger partial charge < -0.3 is 20.2 Å². The van der Waals surface area contributed by atoms with Crippen LogP contribution in [0.4, 0.5) is 4.79 Å². The van der Waals surface area contributed by atoms with E-state index in [1.54, 1.807) is 4.90 Å². The van der Waals surface area contributed by atoms with Crippen molar-refractivity contribution in [3.05, 3.63) is 0 Å². The monoisotopic (exact) mass is 269 g/mol. The summed E-state index contributed by atoms with van der Waals surface area (Å²) in [4.78, 5) is 27.3. The molecule has 0 radical (unpaired) electrons. The first-order valence-electron chi connectivity index (χ1n) is 6.96. The van der Waals surface area contributed by atoms with Crippen LogP contribution < -0.4 is 5.32 Å². The van der Waals surface area contributed by atoms with Crippen molar-refractivity contribution < 1.29 is 14.7 Å². The fraction of sp³-hybridized carbons (Fsp3) is 0.846. The van der Waals surface area contributed by atoms with E-state index in [1.807, 2.05) is 14.0 Å². The zero-order valence-corrected chi connectivity index (χ0v) is 11.6. The Bertz CT molecular complexity index is 357. The smallest absolute Gasteiger partial charge is 0.326 e. The summed E-state index contributed by atoms with van der Waals surface area (Å²) in [5.41, 5.74) is 0. The average Bonchev–Trinajstić information content (AvgIpc) is 3.11. The largest absolute Gasteiger partial charge is 0.480 e. The standard InChI is InChI=1S/C13H23N3O3/c1-9-8-15(2)5-6-16(9)13(19)14-11(12(17)18)7-10-3-4-10/h9-11H,3-8H2,1-2H3,(H,14,19)(H,17,18). The first kappa shape index (κ1) is 14.1. The third kappa shape index (κ3) is 3.83. The number of carboxylic acids is 1. The SMILES string of the molecule is CC1CN(C)CCN1C(=O)NC(CC1CC1)C(=O)O. The zero-order chi connectivity index (χ0) is 14.0. The molecule has 6 nitrogen and oxygen atoms in total. The van der Waals surface area contributed by atoms with Gasteiger partial charge in [0.2, 0.25) is 0 Å². The van der Waals surface area contributed by atoms with Crippen LogP contribution in [0.2, 0.25) is 0 Å². The van der Waals surface area contributed by atoms with Gasteiger partial charge in [-0.2, -0.15) is 0 Å². The minimum absolute atomic E-state index is 0.120. The molecule has 2 rings (SSSR count). The molecule has 108 valence electrons. The van der Waals surface area contributed by atoms with Gasteiger partial charge in [0.25, 0.3) is 0 Å². The number of rotatable bonds is 4. The summed E-state index contributed by atoms with van der Waals surface area (Å²) in [6.45, 7) is 4.30. The summed E-state index contributed by atoms with van der Waals surface area (Å²) < 4.78 is 0. The first-order chi connectivity index (χ1) is 8.97. The van der Waals surface area contributed by atoms with Crippen LogP contribution in [0.3, 0.4) is 0 Å². The van der Waals surface area contributed by atoms with Gasteiger partial charge in [-0.1, -0.05) is 12.8 Å². The maximum atomic E-state index is 12.2. The third-order valence-corrected chi connectivity index (χ3v) is 3.95. The number of hydrogen-bond acceptors (Lipinski definition) is 3. The molecule has 1 saturated heterocycles. The van der Waals surface area contributed by atoms with Crippen molar-refractivity contribution in [1.29, 1.82) is 0 Å². The summed E-state index contributed by atoms with van der Waals surface area (Å²) >= 11 is 0. The van der Waals surface area contributed by atoms with Crippen molar-refractivity contribution >= 4 is 12.0 Å². The van der Waals surface area contributed by atoms with E-state index >= 15 is 0 Å². The predicted octanol–water partition coefficient (Wildman–Crippen LogP) is 0.585. The van der Waals surface area contributed by atoms with Crippen LogP contribution in [-0.4, -0.2) is 65.7 Å². The van der Waals surface area contributed by atoms with Crippen molar-refractivity contribution in [3.63, 3.8) is 0 Å². The van der Waals surface area contributed by atoms with Gasteiger partial charge in [-0.25, -0.2) is 9.59 Å².